The lowest BCUT2D eigenvalue weighted by Crippen LogP contribution is -2.46. The zero-order valence-corrected chi connectivity index (χ0v) is 13.9. The predicted octanol–water partition coefficient (Wildman–Crippen LogP) is 2.34. The van der Waals surface area contributed by atoms with Crippen LogP contribution in [0.25, 0.3) is 0 Å². The monoisotopic (exact) mass is 339 g/mol. The van der Waals surface area contributed by atoms with E-state index in [1.165, 1.54) is 12.1 Å². The highest BCUT2D eigenvalue weighted by Gasteiger charge is 2.34. The highest BCUT2D eigenvalue weighted by molar-refractivity contribution is 5.41. The zero-order valence-electron chi connectivity index (χ0n) is 17.9. The van der Waals surface area contributed by atoms with E-state index in [0.717, 1.165) is 37.8 Å². The van der Waals surface area contributed by atoms with Gasteiger partial charge in [-0.1, -0.05) is 18.9 Å². The molecule has 134 valence electrons. The standard InChI is InChI=1S/C19H29NO4/c1-23-19-7-6-14(12-17(19)22)9-11-24-18-5-3-2-4-16(18)20-10-8-15(21)13-20/h6-7,12,15-16,18,21-22H,2-5,8-11,13H2,1H3/t15?,16-,18-/m1/s1/i1D3,15D. The van der Waals surface area contributed by atoms with Gasteiger partial charge in [0.15, 0.2) is 11.5 Å². The van der Waals surface area contributed by atoms with Crippen molar-refractivity contribution < 1.29 is 25.2 Å². The third kappa shape index (κ3) is 4.21. The van der Waals surface area contributed by atoms with Crippen molar-refractivity contribution in [1.82, 2.24) is 4.90 Å². The molecule has 0 amide bonds. The average Bonchev–Trinajstić information content (AvgIpc) is 2.96. The summed E-state index contributed by atoms with van der Waals surface area (Å²) in [6, 6.07) is 4.92. The van der Waals surface area contributed by atoms with E-state index >= 15 is 0 Å². The summed E-state index contributed by atoms with van der Waals surface area (Å²) in [4.78, 5) is 2.18. The molecular formula is C19H29NO4. The largest absolute Gasteiger partial charge is 0.504 e. The maximum atomic E-state index is 9.97. The van der Waals surface area contributed by atoms with E-state index in [4.69, 9.17) is 15.0 Å². The van der Waals surface area contributed by atoms with E-state index in [1.807, 2.05) is 0 Å². The van der Waals surface area contributed by atoms with E-state index in [1.54, 1.807) is 6.07 Å². The number of rotatable bonds is 6. The van der Waals surface area contributed by atoms with Crippen LogP contribution in [0, 0.1) is 0 Å². The molecule has 0 aromatic heterocycles. The summed E-state index contributed by atoms with van der Waals surface area (Å²) in [7, 11) is -2.60. The third-order valence-corrected chi connectivity index (χ3v) is 5.07. The number of likely N-dealkylation sites (tertiary alicyclic amines) is 1. The molecule has 5 nitrogen and oxygen atoms in total. The lowest BCUT2D eigenvalue weighted by Gasteiger charge is -2.37. The van der Waals surface area contributed by atoms with Gasteiger partial charge in [0, 0.05) is 19.1 Å². The van der Waals surface area contributed by atoms with Crippen LogP contribution in [0.5, 0.6) is 11.5 Å². The summed E-state index contributed by atoms with van der Waals surface area (Å²) in [5, 5.41) is 19.9. The molecule has 2 fully saturated rings. The molecule has 3 atom stereocenters. The second kappa shape index (κ2) is 8.19. The molecule has 1 saturated heterocycles. The van der Waals surface area contributed by atoms with Crippen LogP contribution in [0.15, 0.2) is 18.2 Å². The molecule has 5 heteroatoms. The fourth-order valence-electron chi connectivity index (χ4n) is 3.77. The molecule has 0 radical (unpaired) electrons. The van der Waals surface area contributed by atoms with Gasteiger partial charge in [-0.2, -0.15) is 0 Å². The SMILES string of the molecule is [2H]C1(O)CCN([C@@H]2CCCC[C@H]2OCCc2ccc(OC([2H])([2H])[2H])c(O)c2)C1. The van der Waals surface area contributed by atoms with Gasteiger partial charge >= 0.3 is 0 Å². The van der Waals surface area contributed by atoms with Crippen LogP contribution >= 0.6 is 0 Å². The predicted molar refractivity (Wildman–Crippen MR) is 92.6 cm³/mol. The molecular weight excluding hydrogens is 306 g/mol. The Kier molecular flexibility index (Phi) is 4.43. The number of aliphatic hydroxyl groups is 1. The van der Waals surface area contributed by atoms with Gasteiger partial charge in [-0.3, -0.25) is 4.90 Å². The van der Waals surface area contributed by atoms with Crippen molar-refractivity contribution in [3.05, 3.63) is 23.8 Å². The first-order valence-corrected chi connectivity index (χ1v) is 8.72. The Morgan fingerprint density at radius 1 is 1.33 bits per heavy atom. The molecule has 0 bridgehead atoms. The lowest BCUT2D eigenvalue weighted by molar-refractivity contribution is -0.0316. The number of hydrogen-bond donors (Lipinski definition) is 2. The van der Waals surface area contributed by atoms with E-state index in [-0.39, 0.29) is 23.6 Å². The number of benzene rings is 1. The van der Waals surface area contributed by atoms with E-state index < -0.39 is 13.1 Å². The zero-order chi connectivity index (χ0) is 20.4. The summed E-state index contributed by atoms with van der Waals surface area (Å²) in [6.45, 7) is 1.58. The van der Waals surface area contributed by atoms with Crippen LogP contribution in [-0.4, -0.2) is 60.1 Å². The molecule has 0 spiro atoms. The molecule has 1 saturated carbocycles. The minimum Gasteiger partial charge on any atom is -0.504 e. The van der Waals surface area contributed by atoms with Crippen molar-refractivity contribution in [3.63, 3.8) is 0 Å². The van der Waals surface area contributed by atoms with Crippen LogP contribution in [0.1, 0.15) is 43.2 Å². The summed E-state index contributed by atoms with van der Waals surface area (Å²) < 4.78 is 40.1. The number of ether oxygens (including phenoxy) is 2. The average molecular weight is 339 g/mol. The highest BCUT2D eigenvalue weighted by atomic mass is 16.5. The Morgan fingerprint density at radius 2 is 2.21 bits per heavy atom. The minimum atomic E-state index is -2.60. The molecule has 1 heterocycles. The molecule has 2 aliphatic rings. The van der Waals surface area contributed by atoms with E-state index in [2.05, 4.69) is 4.90 Å². The third-order valence-electron chi connectivity index (χ3n) is 5.07. The second-order valence-corrected chi connectivity index (χ2v) is 6.70. The molecule has 2 N–H and O–H groups in total. The summed E-state index contributed by atoms with van der Waals surface area (Å²) >= 11 is 0. The number of aromatic hydroxyl groups is 1. The Labute approximate surface area is 149 Å². The molecule has 1 aromatic carbocycles. The quantitative estimate of drug-likeness (QED) is 0.833. The van der Waals surface area contributed by atoms with Crippen LogP contribution in [-0.2, 0) is 11.2 Å². The number of methoxy groups -OCH3 is 1. The Bertz CT molecular complexity index is 668. The van der Waals surface area contributed by atoms with Gasteiger partial charge in [-0.15, -0.1) is 0 Å². The maximum absolute atomic E-state index is 9.97. The molecule has 3 rings (SSSR count). The molecule has 1 aromatic rings. The van der Waals surface area contributed by atoms with Gasteiger partial charge in [0.2, 0.25) is 0 Å². The van der Waals surface area contributed by atoms with Gasteiger partial charge in [0.25, 0.3) is 0 Å². The maximum Gasteiger partial charge on any atom is 0.160 e. The van der Waals surface area contributed by atoms with Crippen molar-refractivity contribution in [2.24, 2.45) is 0 Å². The molecule has 24 heavy (non-hydrogen) atoms. The summed E-state index contributed by atoms with van der Waals surface area (Å²) in [6.07, 6.45) is 4.02. The fraction of sp³-hybridized carbons (Fsp3) is 0.684. The first-order valence-electron chi connectivity index (χ1n) is 10.7. The summed E-state index contributed by atoms with van der Waals surface area (Å²) in [5.41, 5.74) is 0.837. The number of β-amino-alcohol motifs (C(OH)–C–C–N with tert-alkyl or cyclic N) is 1. The van der Waals surface area contributed by atoms with E-state index in [0.29, 0.717) is 26.0 Å². The van der Waals surface area contributed by atoms with Gasteiger partial charge in [-0.25, -0.2) is 0 Å². The van der Waals surface area contributed by atoms with Crippen molar-refractivity contribution in [2.45, 2.75) is 56.8 Å². The van der Waals surface area contributed by atoms with Crippen molar-refractivity contribution >= 4 is 0 Å². The Morgan fingerprint density at radius 3 is 2.96 bits per heavy atom. The highest BCUT2D eigenvalue weighted by Crippen LogP contribution is 2.29. The van der Waals surface area contributed by atoms with Crippen molar-refractivity contribution in [2.75, 3.05) is 26.7 Å². The van der Waals surface area contributed by atoms with E-state index in [9.17, 15) is 10.2 Å². The van der Waals surface area contributed by atoms with Gasteiger partial charge in [0.05, 0.1) is 31.3 Å². The topological polar surface area (TPSA) is 62.2 Å². The molecule has 1 unspecified atom stereocenters. The van der Waals surface area contributed by atoms with Crippen LogP contribution in [0.3, 0.4) is 0 Å². The molecule has 1 aliphatic carbocycles. The summed E-state index contributed by atoms with van der Waals surface area (Å²) in [5.74, 6) is -0.259. The van der Waals surface area contributed by atoms with Crippen molar-refractivity contribution in [1.29, 1.82) is 0 Å². The lowest BCUT2D eigenvalue weighted by atomic mass is 9.91. The first kappa shape index (κ1) is 13.0. The Hall–Kier alpha value is -1.30. The van der Waals surface area contributed by atoms with Gasteiger partial charge in [0.1, 0.15) is 0 Å². The fourth-order valence-corrected chi connectivity index (χ4v) is 3.77. The van der Waals surface area contributed by atoms with Crippen LogP contribution in [0.4, 0.5) is 0 Å². The van der Waals surface area contributed by atoms with Gasteiger partial charge < -0.3 is 19.7 Å². The van der Waals surface area contributed by atoms with Crippen molar-refractivity contribution in [3.8, 4) is 11.5 Å². The number of hydrogen-bond acceptors (Lipinski definition) is 5. The minimum absolute atomic E-state index is 0.0612. The van der Waals surface area contributed by atoms with Gasteiger partial charge in [-0.05, 0) is 43.4 Å². The number of phenols is 1. The second-order valence-electron chi connectivity index (χ2n) is 6.70. The smallest absolute Gasteiger partial charge is 0.160 e. The Balaban J connectivity index is 1.52. The number of nitrogens with zero attached hydrogens (tertiary/aromatic N) is 1. The first-order chi connectivity index (χ1) is 13.1. The molecule has 1 aliphatic heterocycles. The normalized spacial score (nSPS) is 34.2. The number of phenolic OH excluding ortho intramolecular Hbond substituents is 1. The van der Waals surface area contributed by atoms with Crippen LogP contribution in [0.2, 0.25) is 0 Å². The van der Waals surface area contributed by atoms with Crippen LogP contribution < -0.4 is 4.74 Å².